The molecule has 3 rings (SSSR count). The highest BCUT2D eigenvalue weighted by Crippen LogP contribution is 2.39. The predicted octanol–water partition coefficient (Wildman–Crippen LogP) is 2.64. The highest BCUT2D eigenvalue weighted by molar-refractivity contribution is 7.89. The highest BCUT2D eigenvalue weighted by Gasteiger charge is 2.46. The number of nitrogens with zero attached hydrogens (tertiary/aromatic N) is 1. The molecule has 0 radical (unpaired) electrons. The molecule has 0 amide bonds. The quantitative estimate of drug-likeness (QED) is 0.904. The van der Waals surface area contributed by atoms with Gasteiger partial charge >= 0.3 is 0 Å². The first-order valence-electron chi connectivity index (χ1n) is 6.64. The molecule has 110 valence electrons. The highest BCUT2D eigenvalue weighted by atomic mass is 35.5. The number of nitrogens with two attached hydrogens (primary N) is 1. The number of hydrogen-bond acceptors (Lipinski definition) is 3. The molecule has 2 aliphatic rings. The average Bonchev–Trinajstić information content (AvgIpc) is 2.66. The summed E-state index contributed by atoms with van der Waals surface area (Å²) in [7, 11) is -3.53. The van der Waals surface area contributed by atoms with Crippen molar-refractivity contribution in [2.75, 3.05) is 0 Å². The maximum atomic E-state index is 12.8. The number of halogens is 2. The van der Waals surface area contributed by atoms with Crippen molar-refractivity contribution in [1.29, 1.82) is 0 Å². The molecule has 2 unspecified atom stereocenters. The van der Waals surface area contributed by atoms with E-state index in [1.54, 1.807) is 4.31 Å². The van der Waals surface area contributed by atoms with Gasteiger partial charge in [-0.15, -0.1) is 0 Å². The van der Waals surface area contributed by atoms with Gasteiger partial charge in [0.05, 0.1) is 14.9 Å². The lowest BCUT2D eigenvalue weighted by Gasteiger charge is -2.36. The van der Waals surface area contributed by atoms with E-state index in [1.165, 1.54) is 18.2 Å². The van der Waals surface area contributed by atoms with Crippen molar-refractivity contribution in [2.24, 2.45) is 5.73 Å². The molecule has 7 heteroatoms. The number of fused-ring (bicyclic) bond motifs is 2. The van der Waals surface area contributed by atoms with Crippen LogP contribution in [-0.2, 0) is 10.0 Å². The molecule has 2 saturated heterocycles. The first-order valence-corrected chi connectivity index (χ1v) is 8.83. The third-order valence-electron chi connectivity index (χ3n) is 4.17. The second-order valence-electron chi connectivity index (χ2n) is 5.53. The van der Waals surface area contributed by atoms with Gasteiger partial charge in [-0.1, -0.05) is 23.2 Å². The standard InChI is InChI=1S/C13H16Cl2N2O2S/c14-12-4-3-11(7-13(12)15)20(18,19)17-9-1-2-10(17)6-8(16)5-9/h3-4,7-10H,1-2,5-6,16H2. The van der Waals surface area contributed by atoms with E-state index in [9.17, 15) is 8.42 Å². The van der Waals surface area contributed by atoms with E-state index < -0.39 is 10.0 Å². The molecule has 0 spiro atoms. The minimum Gasteiger partial charge on any atom is -0.328 e. The van der Waals surface area contributed by atoms with E-state index >= 15 is 0 Å². The molecule has 2 fully saturated rings. The monoisotopic (exact) mass is 334 g/mol. The molecule has 4 nitrogen and oxygen atoms in total. The molecule has 2 aliphatic heterocycles. The number of piperidine rings is 1. The minimum atomic E-state index is -3.53. The number of hydrogen-bond donors (Lipinski definition) is 1. The van der Waals surface area contributed by atoms with Crippen molar-refractivity contribution in [1.82, 2.24) is 4.31 Å². The summed E-state index contributed by atoms with van der Waals surface area (Å²) in [6, 6.07) is 4.60. The fourth-order valence-electron chi connectivity index (χ4n) is 3.33. The Balaban J connectivity index is 1.98. The Hall–Kier alpha value is -0.330. The smallest absolute Gasteiger partial charge is 0.243 e. The SMILES string of the molecule is NC1CC2CCC(C1)N2S(=O)(=O)c1ccc(Cl)c(Cl)c1. The van der Waals surface area contributed by atoms with Crippen molar-refractivity contribution in [2.45, 2.75) is 48.7 Å². The molecule has 20 heavy (non-hydrogen) atoms. The number of sulfonamides is 1. The first kappa shape index (κ1) is 14.6. The van der Waals surface area contributed by atoms with Gasteiger partial charge in [0, 0.05) is 18.1 Å². The van der Waals surface area contributed by atoms with Crippen LogP contribution in [0.3, 0.4) is 0 Å². The molecule has 0 saturated carbocycles. The summed E-state index contributed by atoms with van der Waals surface area (Å²) in [5.74, 6) is 0. The maximum Gasteiger partial charge on any atom is 0.243 e. The Labute approximate surface area is 128 Å². The molecule has 2 atom stereocenters. The summed E-state index contributed by atoms with van der Waals surface area (Å²) < 4.78 is 27.2. The number of rotatable bonds is 2. The Morgan fingerprint density at radius 1 is 1.10 bits per heavy atom. The topological polar surface area (TPSA) is 63.4 Å². The molecule has 2 N–H and O–H groups in total. The Morgan fingerprint density at radius 3 is 2.25 bits per heavy atom. The van der Waals surface area contributed by atoms with Crippen LogP contribution in [0.25, 0.3) is 0 Å². The zero-order valence-electron chi connectivity index (χ0n) is 10.8. The summed E-state index contributed by atoms with van der Waals surface area (Å²) in [5.41, 5.74) is 5.98. The van der Waals surface area contributed by atoms with Crippen LogP contribution in [0.4, 0.5) is 0 Å². The van der Waals surface area contributed by atoms with E-state index in [0.717, 1.165) is 25.7 Å². The van der Waals surface area contributed by atoms with Crippen LogP contribution in [0.5, 0.6) is 0 Å². The van der Waals surface area contributed by atoms with Gasteiger partial charge in [-0.3, -0.25) is 0 Å². The van der Waals surface area contributed by atoms with Crippen LogP contribution in [0.1, 0.15) is 25.7 Å². The average molecular weight is 335 g/mol. The van der Waals surface area contributed by atoms with Crippen molar-refractivity contribution >= 4 is 33.2 Å². The summed E-state index contributed by atoms with van der Waals surface area (Å²) in [6.45, 7) is 0. The van der Waals surface area contributed by atoms with Gasteiger partial charge < -0.3 is 5.73 Å². The molecule has 1 aromatic rings. The molecule has 1 aromatic carbocycles. The first-order chi connectivity index (χ1) is 9.39. The van der Waals surface area contributed by atoms with Gasteiger partial charge in [-0.25, -0.2) is 8.42 Å². The van der Waals surface area contributed by atoms with Gasteiger partial charge in [0.2, 0.25) is 10.0 Å². The van der Waals surface area contributed by atoms with Crippen LogP contribution in [0, 0.1) is 0 Å². The summed E-state index contributed by atoms with van der Waals surface area (Å²) in [4.78, 5) is 0.208. The zero-order valence-corrected chi connectivity index (χ0v) is 13.1. The molecular weight excluding hydrogens is 319 g/mol. The van der Waals surface area contributed by atoms with E-state index in [1.807, 2.05) is 0 Å². The third-order valence-corrected chi connectivity index (χ3v) is 6.91. The van der Waals surface area contributed by atoms with E-state index in [-0.39, 0.29) is 28.0 Å². The van der Waals surface area contributed by atoms with Gasteiger partial charge in [-0.05, 0) is 43.9 Å². The zero-order chi connectivity index (χ0) is 14.5. The second kappa shape index (κ2) is 5.14. The Morgan fingerprint density at radius 2 is 1.70 bits per heavy atom. The lowest BCUT2D eigenvalue weighted by molar-refractivity contribution is 0.227. The number of benzene rings is 1. The van der Waals surface area contributed by atoms with E-state index in [2.05, 4.69) is 0 Å². The fourth-order valence-corrected chi connectivity index (χ4v) is 5.61. The van der Waals surface area contributed by atoms with Crippen molar-refractivity contribution in [3.8, 4) is 0 Å². The largest absolute Gasteiger partial charge is 0.328 e. The minimum absolute atomic E-state index is 0.0169. The van der Waals surface area contributed by atoms with Gasteiger partial charge in [0.25, 0.3) is 0 Å². The molecule has 2 bridgehead atoms. The second-order valence-corrected chi connectivity index (χ2v) is 8.18. The Bertz CT molecular complexity index is 621. The lowest BCUT2D eigenvalue weighted by Crippen LogP contribution is -2.49. The normalized spacial score (nSPS) is 30.6. The summed E-state index contributed by atoms with van der Waals surface area (Å²) in [5, 5.41) is 0.614. The van der Waals surface area contributed by atoms with Crippen LogP contribution < -0.4 is 5.73 Å². The van der Waals surface area contributed by atoms with Crippen molar-refractivity contribution < 1.29 is 8.42 Å². The molecular formula is C13H16Cl2N2O2S. The van der Waals surface area contributed by atoms with Crippen LogP contribution >= 0.6 is 23.2 Å². The van der Waals surface area contributed by atoms with Crippen LogP contribution in [0.2, 0.25) is 10.0 Å². The van der Waals surface area contributed by atoms with Gasteiger partial charge in [-0.2, -0.15) is 4.31 Å². The summed E-state index contributed by atoms with van der Waals surface area (Å²) in [6.07, 6.45) is 3.24. The van der Waals surface area contributed by atoms with Crippen LogP contribution in [0.15, 0.2) is 23.1 Å². The van der Waals surface area contributed by atoms with Crippen molar-refractivity contribution in [3.63, 3.8) is 0 Å². The fraction of sp³-hybridized carbons (Fsp3) is 0.538. The van der Waals surface area contributed by atoms with Crippen LogP contribution in [-0.4, -0.2) is 30.8 Å². The summed E-state index contributed by atoms with van der Waals surface area (Å²) >= 11 is 11.8. The molecule has 0 aliphatic carbocycles. The van der Waals surface area contributed by atoms with E-state index in [0.29, 0.717) is 5.02 Å². The van der Waals surface area contributed by atoms with E-state index in [4.69, 9.17) is 28.9 Å². The molecule has 2 heterocycles. The van der Waals surface area contributed by atoms with Crippen molar-refractivity contribution in [3.05, 3.63) is 28.2 Å². The molecule has 0 aromatic heterocycles. The predicted molar refractivity (Wildman–Crippen MR) is 79.5 cm³/mol. The van der Waals surface area contributed by atoms with Gasteiger partial charge in [0.1, 0.15) is 0 Å². The van der Waals surface area contributed by atoms with Gasteiger partial charge in [0.15, 0.2) is 0 Å². The Kier molecular flexibility index (Phi) is 3.75. The lowest BCUT2D eigenvalue weighted by atomic mass is 10.0. The third kappa shape index (κ3) is 2.35. The maximum absolute atomic E-state index is 12.8.